The van der Waals surface area contributed by atoms with Crippen molar-refractivity contribution < 1.29 is 29.4 Å². The van der Waals surface area contributed by atoms with Crippen LogP contribution in [0, 0.1) is 0 Å². The van der Waals surface area contributed by atoms with Gasteiger partial charge in [-0.25, -0.2) is 4.79 Å². The smallest absolute Gasteiger partial charge is 0.347 e. The molecule has 0 fully saturated rings. The quantitative estimate of drug-likeness (QED) is 0.256. The van der Waals surface area contributed by atoms with Crippen molar-refractivity contribution >= 4 is 13.6 Å². The largest absolute Gasteiger partial charge is 0.478 e. The van der Waals surface area contributed by atoms with Crippen LogP contribution in [0.2, 0.25) is 0 Å². The first-order chi connectivity index (χ1) is 4.83. The lowest BCUT2D eigenvalue weighted by Crippen LogP contribution is -2.36. The van der Waals surface area contributed by atoms with E-state index in [1.54, 1.807) is 5.32 Å². The first-order valence-corrected chi connectivity index (χ1v) is 4.31. The first kappa shape index (κ1) is 10.5. The number of nitrogens with one attached hydrogen (secondary N) is 1. The molecule has 0 aromatic rings. The second-order valence-corrected chi connectivity index (χ2v) is 3.41. The highest BCUT2D eigenvalue weighted by molar-refractivity contribution is 7.51. The Labute approximate surface area is 61.8 Å². The van der Waals surface area contributed by atoms with Gasteiger partial charge in [0.15, 0.2) is 0 Å². The summed E-state index contributed by atoms with van der Waals surface area (Å²) in [7, 11) is -4.29. The van der Waals surface area contributed by atoms with Crippen LogP contribution >= 0.6 is 7.60 Å². The summed E-state index contributed by atoms with van der Waals surface area (Å²) in [6.45, 7) is 0. The van der Waals surface area contributed by atoms with E-state index < -0.39 is 26.1 Å². The molecule has 0 saturated heterocycles. The molecular weight excluding hydrogens is 177 g/mol. The lowest BCUT2D eigenvalue weighted by molar-refractivity contribution is -0.148. The van der Waals surface area contributed by atoms with Crippen molar-refractivity contribution in [1.29, 1.82) is 0 Å². The molecule has 11 heavy (non-hydrogen) atoms. The Bertz CT molecular complexity index is 186. The summed E-state index contributed by atoms with van der Waals surface area (Å²) in [5.41, 5.74) is 0. The fraction of sp³-hybridized carbons (Fsp3) is 0.667. The zero-order valence-electron chi connectivity index (χ0n) is 5.34. The number of carboxylic acid groups (broad SMARTS) is 1. The molecule has 0 heterocycles. The molecule has 0 bridgehead atoms. The van der Waals surface area contributed by atoms with Gasteiger partial charge in [0.1, 0.15) is 6.29 Å². The Morgan fingerprint density at radius 3 is 2.27 bits per heavy atom. The Morgan fingerprint density at radius 2 is 2.00 bits per heavy atom. The van der Waals surface area contributed by atoms with E-state index in [1.807, 2.05) is 0 Å². The van der Waals surface area contributed by atoms with E-state index >= 15 is 0 Å². The molecule has 0 aliphatic heterocycles. The maximum absolute atomic E-state index is 10.1. The average Bonchev–Trinajstić information content (AvgIpc) is 1.80. The average molecular weight is 185 g/mol. The normalized spacial score (nSPS) is 14.5. The monoisotopic (exact) mass is 185 g/mol. The Hall–Kier alpha value is -0.460. The summed E-state index contributed by atoms with van der Waals surface area (Å²) in [5.74, 6) is -1.58. The topological polar surface area (TPSA) is 127 Å². The lowest BCUT2D eigenvalue weighted by atomic mass is 10.6. The molecule has 0 aliphatic carbocycles. The zero-order valence-corrected chi connectivity index (χ0v) is 6.23. The molecule has 66 valence electrons. The van der Waals surface area contributed by atoms with Crippen LogP contribution in [-0.2, 0) is 9.36 Å². The standard InChI is InChI=1S/C3H8NO6P/c5-2(3(6)7)4-1-11(8,9)10/h2,4-5H,1H2,(H,6,7)(H2,8,9,10). The highest BCUT2D eigenvalue weighted by atomic mass is 31.2. The van der Waals surface area contributed by atoms with Gasteiger partial charge in [0, 0.05) is 0 Å². The highest BCUT2D eigenvalue weighted by Crippen LogP contribution is 2.31. The van der Waals surface area contributed by atoms with Gasteiger partial charge in [0.2, 0.25) is 6.23 Å². The molecule has 5 N–H and O–H groups in total. The van der Waals surface area contributed by atoms with Crippen molar-refractivity contribution in [2.24, 2.45) is 0 Å². The van der Waals surface area contributed by atoms with E-state index in [9.17, 15) is 9.36 Å². The molecule has 0 rings (SSSR count). The highest BCUT2D eigenvalue weighted by Gasteiger charge is 2.18. The first-order valence-electron chi connectivity index (χ1n) is 2.52. The number of hydrogen-bond acceptors (Lipinski definition) is 4. The zero-order chi connectivity index (χ0) is 9.07. The number of rotatable bonds is 4. The summed E-state index contributed by atoms with van der Waals surface area (Å²) in [5, 5.41) is 18.2. The Morgan fingerprint density at radius 1 is 1.55 bits per heavy atom. The number of aliphatic hydroxyl groups is 1. The molecule has 8 heteroatoms. The van der Waals surface area contributed by atoms with E-state index in [4.69, 9.17) is 20.0 Å². The van der Waals surface area contributed by atoms with Crippen molar-refractivity contribution in [1.82, 2.24) is 5.32 Å². The number of carbonyl (C=O) groups is 1. The molecule has 0 aromatic heterocycles. The van der Waals surface area contributed by atoms with E-state index in [0.29, 0.717) is 0 Å². The maximum Gasteiger partial charge on any atom is 0.347 e. The summed E-state index contributed by atoms with van der Waals surface area (Å²) in [4.78, 5) is 26.2. The van der Waals surface area contributed by atoms with Crippen molar-refractivity contribution in [3.63, 3.8) is 0 Å². The van der Waals surface area contributed by atoms with Crippen LogP contribution in [-0.4, -0.2) is 38.5 Å². The van der Waals surface area contributed by atoms with Gasteiger partial charge in [-0.2, -0.15) is 0 Å². The van der Waals surface area contributed by atoms with Crippen molar-refractivity contribution in [3.8, 4) is 0 Å². The van der Waals surface area contributed by atoms with Crippen LogP contribution in [0.1, 0.15) is 0 Å². The Balaban J connectivity index is 3.72. The van der Waals surface area contributed by atoms with Crippen LogP contribution in [0.25, 0.3) is 0 Å². The van der Waals surface area contributed by atoms with E-state index in [1.165, 1.54) is 0 Å². The number of aliphatic carboxylic acids is 1. The van der Waals surface area contributed by atoms with Crippen LogP contribution in [0.5, 0.6) is 0 Å². The van der Waals surface area contributed by atoms with Gasteiger partial charge in [-0.15, -0.1) is 0 Å². The van der Waals surface area contributed by atoms with Gasteiger partial charge in [0.25, 0.3) is 0 Å². The lowest BCUT2D eigenvalue weighted by Gasteiger charge is -2.08. The SMILES string of the molecule is O=C(O)C(O)NCP(=O)(O)O. The molecular formula is C3H8NO6P. The minimum Gasteiger partial charge on any atom is -0.478 e. The Kier molecular flexibility index (Phi) is 3.64. The van der Waals surface area contributed by atoms with Crippen LogP contribution < -0.4 is 5.32 Å². The number of carboxylic acids is 1. The van der Waals surface area contributed by atoms with Crippen molar-refractivity contribution in [3.05, 3.63) is 0 Å². The predicted molar refractivity (Wildman–Crippen MR) is 33.7 cm³/mol. The van der Waals surface area contributed by atoms with E-state index in [2.05, 4.69) is 0 Å². The molecule has 1 atom stereocenters. The molecule has 0 radical (unpaired) electrons. The second-order valence-electron chi connectivity index (χ2n) is 1.77. The summed E-state index contributed by atoms with van der Waals surface area (Å²) in [6.07, 6.45) is -2.80. The third kappa shape index (κ3) is 5.96. The van der Waals surface area contributed by atoms with Gasteiger partial charge in [-0.05, 0) is 0 Å². The third-order valence-corrected chi connectivity index (χ3v) is 1.32. The van der Waals surface area contributed by atoms with E-state index in [-0.39, 0.29) is 0 Å². The van der Waals surface area contributed by atoms with Crippen molar-refractivity contribution in [2.75, 3.05) is 6.29 Å². The number of aliphatic hydroxyl groups excluding tert-OH is 1. The molecule has 0 saturated carbocycles. The molecule has 1 unspecified atom stereocenters. The molecule has 0 aromatic carbocycles. The van der Waals surface area contributed by atoms with Gasteiger partial charge < -0.3 is 20.0 Å². The number of hydrogen-bond donors (Lipinski definition) is 5. The van der Waals surface area contributed by atoms with Crippen LogP contribution in [0.15, 0.2) is 0 Å². The van der Waals surface area contributed by atoms with Gasteiger partial charge in [-0.1, -0.05) is 0 Å². The van der Waals surface area contributed by atoms with Gasteiger partial charge in [0.05, 0.1) is 0 Å². The van der Waals surface area contributed by atoms with E-state index in [0.717, 1.165) is 0 Å². The fourth-order valence-corrected chi connectivity index (χ4v) is 0.703. The second kappa shape index (κ2) is 3.80. The molecule has 7 nitrogen and oxygen atoms in total. The van der Waals surface area contributed by atoms with Gasteiger partial charge >= 0.3 is 13.6 Å². The third-order valence-electron chi connectivity index (χ3n) is 0.725. The molecule has 0 aliphatic rings. The van der Waals surface area contributed by atoms with Crippen LogP contribution in [0.3, 0.4) is 0 Å². The van der Waals surface area contributed by atoms with Crippen LogP contribution in [0.4, 0.5) is 0 Å². The summed E-state index contributed by atoms with van der Waals surface area (Å²) < 4.78 is 10.1. The predicted octanol–water partition coefficient (Wildman–Crippen LogP) is -1.89. The van der Waals surface area contributed by atoms with Gasteiger partial charge in [-0.3, -0.25) is 9.88 Å². The molecule has 0 spiro atoms. The van der Waals surface area contributed by atoms with Crippen molar-refractivity contribution in [2.45, 2.75) is 6.23 Å². The molecule has 0 amide bonds. The summed E-state index contributed by atoms with van der Waals surface area (Å²) >= 11 is 0. The minimum atomic E-state index is -4.29. The fourth-order valence-electron chi connectivity index (χ4n) is 0.293. The maximum atomic E-state index is 10.1. The summed E-state index contributed by atoms with van der Waals surface area (Å²) in [6, 6.07) is 0. The minimum absolute atomic E-state index is 0.861.